The number of rotatable bonds is 5. The average molecular weight is 367 g/mol. The minimum Gasteiger partial charge on any atom is -0.477 e. The summed E-state index contributed by atoms with van der Waals surface area (Å²) in [6, 6.07) is 11.0. The zero-order valence-electron chi connectivity index (χ0n) is 14.1. The van der Waals surface area contributed by atoms with E-state index in [9.17, 15) is 8.78 Å². The van der Waals surface area contributed by atoms with Crippen LogP contribution in [0.1, 0.15) is 5.56 Å². The third kappa shape index (κ3) is 3.41. The van der Waals surface area contributed by atoms with E-state index in [1.807, 2.05) is 12.1 Å². The first-order chi connectivity index (χ1) is 13.1. The van der Waals surface area contributed by atoms with Gasteiger partial charge in [0.1, 0.15) is 0 Å². The Balaban J connectivity index is 1.59. The minimum absolute atomic E-state index is 0.255. The lowest BCUT2D eigenvalue weighted by Crippen LogP contribution is -2.06. The molecule has 0 saturated carbocycles. The monoisotopic (exact) mass is 367 g/mol. The SMILES string of the molecule is Nc1ccc(-c2nnc3cncc(OCCc4ccc(F)c(F)c4)n23)cc1. The van der Waals surface area contributed by atoms with E-state index in [4.69, 9.17) is 10.5 Å². The molecule has 0 bridgehead atoms. The third-order valence-electron chi connectivity index (χ3n) is 4.08. The van der Waals surface area contributed by atoms with Crippen LogP contribution in [-0.2, 0) is 6.42 Å². The van der Waals surface area contributed by atoms with Crippen molar-refractivity contribution >= 4 is 11.3 Å². The number of fused-ring (bicyclic) bond motifs is 1. The van der Waals surface area contributed by atoms with Crippen molar-refractivity contribution in [2.45, 2.75) is 6.42 Å². The highest BCUT2D eigenvalue weighted by Crippen LogP contribution is 2.24. The second kappa shape index (κ2) is 6.99. The number of anilines is 1. The molecule has 27 heavy (non-hydrogen) atoms. The van der Waals surface area contributed by atoms with Gasteiger partial charge in [-0.15, -0.1) is 10.2 Å². The molecule has 2 aromatic carbocycles. The fraction of sp³-hybridized carbons (Fsp3) is 0.105. The lowest BCUT2D eigenvalue weighted by molar-refractivity contribution is 0.304. The van der Waals surface area contributed by atoms with Gasteiger partial charge >= 0.3 is 0 Å². The molecule has 0 amide bonds. The number of hydrogen-bond donors (Lipinski definition) is 1. The van der Waals surface area contributed by atoms with E-state index in [1.165, 1.54) is 6.07 Å². The van der Waals surface area contributed by atoms with Gasteiger partial charge < -0.3 is 10.5 Å². The quantitative estimate of drug-likeness (QED) is 0.548. The molecule has 6 nitrogen and oxygen atoms in total. The van der Waals surface area contributed by atoms with E-state index in [2.05, 4.69) is 15.2 Å². The molecule has 0 aliphatic heterocycles. The van der Waals surface area contributed by atoms with Gasteiger partial charge in [0.25, 0.3) is 0 Å². The fourth-order valence-corrected chi connectivity index (χ4v) is 2.71. The van der Waals surface area contributed by atoms with Gasteiger partial charge in [0.15, 0.2) is 23.1 Å². The van der Waals surface area contributed by atoms with Gasteiger partial charge in [-0.25, -0.2) is 13.2 Å². The number of nitrogens with two attached hydrogens (primary N) is 1. The van der Waals surface area contributed by atoms with Gasteiger partial charge in [-0.3, -0.25) is 4.98 Å². The summed E-state index contributed by atoms with van der Waals surface area (Å²) in [4.78, 5) is 4.11. The summed E-state index contributed by atoms with van der Waals surface area (Å²) in [5.41, 5.74) is 8.38. The van der Waals surface area contributed by atoms with Crippen molar-refractivity contribution in [1.29, 1.82) is 0 Å². The van der Waals surface area contributed by atoms with Crippen LogP contribution in [0.5, 0.6) is 5.88 Å². The highest BCUT2D eigenvalue weighted by molar-refractivity contribution is 5.62. The standard InChI is InChI=1S/C19H15F2N5O/c20-15-6-1-12(9-16(15)21)7-8-27-18-11-23-10-17-24-25-19(26(17)18)13-2-4-14(22)5-3-13/h1-6,9-11H,7-8,22H2. The van der Waals surface area contributed by atoms with E-state index in [0.717, 1.165) is 17.7 Å². The molecule has 0 unspecified atom stereocenters. The molecule has 2 N–H and O–H groups in total. The van der Waals surface area contributed by atoms with Crippen molar-refractivity contribution in [3.05, 3.63) is 72.1 Å². The number of nitrogens with zero attached hydrogens (tertiary/aromatic N) is 4. The Kier molecular flexibility index (Phi) is 4.37. The van der Waals surface area contributed by atoms with E-state index in [-0.39, 0.29) is 6.61 Å². The van der Waals surface area contributed by atoms with Crippen molar-refractivity contribution in [1.82, 2.24) is 19.6 Å². The Labute approximate surface area is 153 Å². The van der Waals surface area contributed by atoms with Crippen molar-refractivity contribution in [2.24, 2.45) is 0 Å². The van der Waals surface area contributed by atoms with Crippen LogP contribution in [0.2, 0.25) is 0 Å². The maximum atomic E-state index is 13.3. The molecular formula is C19H15F2N5O. The topological polar surface area (TPSA) is 78.3 Å². The number of benzene rings is 2. The normalized spacial score (nSPS) is 11.0. The molecule has 0 aliphatic rings. The van der Waals surface area contributed by atoms with Gasteiger partial charge in [-0.1, -0.05) is 6.07 Å². The van der Waals surface area contributed by atoms with E-state index >= 15 is 0 Å². The van der Waals surface area contributed by atoms with Crippen molar-refractivity contribution in [3.8, 4) is 17.3 Å². The Morgan fingerprint density at radius 3 is 2.56 bits per heavy atom. The Hall–Kier alpha value is -3.55. The van der Waals surface area contributed by atoms with Crippen molar-refractivity contribution in [2.75, 3.05) is 12.3 Å². The number of nitrogen functional groups attached to an aromatic ring is 1. The summed E-state index contributed by atoms with van der Waals surface area (Å²) in [6.07, 6.45) is 3.55. The highest BCUT2D eigenvalue weighted by Gasteiger charge is 2.13. The molecule has 4 aromatic rings. The molecule has 0 fully saturated rings. The third-order valence-corrected chi connectivity index (χ3v) is 4.08. The predicted octanol–water partition coefficient (Wildman–Crippen LogP) is 3.27. The molecule has 0 saturated heterocycles. The van der Waals surface area contributed by atoms with E-state index < -0.39 is 11.6 Å². The summed E-state index contributed by atoms with van der Waals surface area (Å²) in [5, 5.41) is 8.32. The summed E-state index contributed by atoms with van der Waals surface area (Å²) < 4.78 is 33.9. The molecule has 4 rings (SSSR count). The van der Waals surface area contributed by atoms with Gasteiger partial charge in [-0.2, -0.15) is 0 Å². The second-order valence-electron chi connectivity index (χ2n) is 5.93. The molecule has 8 heteroatoms. The maximum Gasteiger partial charge on any atom is 0.220 e. The predicted molar refractivity (Wildman–Crippen MR) is 96.2 cm³/mol. The second-order valence-corrected chi connectivity index (χ2v) is 5.93. The number of aromatic nitrogens is 4. The Bertz CT molecular complexity index is 1100. The van der Waals surface area contributed by atoms with Crippen LogP contribution in [-0.4, -0.2) is 26.2 Å². The average Bonchev–Trinajstić information content (AvgIpc) is 3.10. The minimum atomic E-state index is -0.874. The smallest absolute Gasteiger partial charge is 0.220 e. The summed E-state index contributed by atoms with van der Waals surface area (Å²) in [6.45, 7) is 0.255. The van der Waals surface area contributed by atoms with Crippen LogP contribution in [0.4, 0.5) is 14.5 Å². The van der Waals surface area contributed by atoms with Crippen molar-refractivity contribution < 1.29 is 13.5 Å². The number of ether oxygens (including phenoxy) is 1. The fourth-order valence-electron chi connectivity index (χ4n) is 2.71. The molecule has 0 aliphatic carbocycles. The number of hydrogen-bond acceptors (Lipinski definition) is 5. The van der Waals surface area contributed by atoms with Gasteiger partial charge in [0.2, 0.25) is 5.88 Å². The first-order valence-electron chi connectivity index (χ1n) is 8.23. The van der Waals surface area contributed by atoms with Gasteiger partial charge in [-0.05, 0) is 42.0 Å². The van der Waals surface area contributed by atoms with Crippen LogP contribution >= 0.6 is 0 Å². The molecular weight excluding hydrogens is 352 g/mol. The molecule has 0 atom stereocenters. The van der Waals surface area contributed by atoms with Gasteiger partial charge in [0, 0.05) is 17.7 Å². The summed E-state index contributed by atoms with van der Waals surface area (Å²) in [7, 11) is 0. The maximum absolute atomic E-state index is 13.3. The lowest BCUT2D eigenvalue weighted by atomic mass is 10.1. The van der Waals surface area contributed by atoms with Crippen molar-refractivity contribution in [3.63, 3.8) is 0 Å². The summed E-state index contributed by atoms with van der Waals surface area (Å²) >= 11 is 0. The highest BCUT2D eigenvalue weighted by atomic mass is 19.2. The first kappa shape index (κ1) is 16.9. The molecule has 2 heterocycles. The van der Waals surface area contributed by atoms with Crippen LogP contribution in [0.25, 0.3) is 17.0 Å². The van der Waals surface area contributed by atoms with Crippen LogP contribution in [0.3, 0.4) is 0 Å². The van der Waals surface area contributed by atoms with Gasteiger partial charge in [0.05, 0.1) is 19.0 Å². The van der Waals surface area contributed by atoms with Crippen LogP contribution < -0.4 is 10.5 Å². The molecule has 2 aromatic heterocycles. The largest absolute Gasteiger partial charge is 0.477 e. The molecule has 136 valence electrons. The zero-order chi connectivity index (χ0) is 18.8. The molecule has 0 radical (unpaired) electrons. The number of halogens is 2. The Morgan fingerprint density at radius 1 is 0.963 bits per heavy atom. The lowest BCUT2D eigenvalue weighted by Gasteiger charge is -2.10. The zero-order valence-corrected chi connectivity index (χ0v) is 14.1. The van der Waals surface area contributed by atoms with E-state index in [1.54, 1.807) is 28.9 Å². The molecule has 0 spiro atoms. The van der Waals surface area contributed by atoms with Crippen LogP contribution in [0, 0.1) is 11.6 Å². The van der Waals surface area contributed by atoms with E-state index in [0.29, 0.717) is 35.0 Å². The van der Waals surface area contributed by atoms with Crippen LogP contribution in [0.15, 0.2) is 54.9 Å². The first-order valence-corrected chi connectivity index (χ1v) is 8.23. The summed E-state index contributed by atoms with van der Waals surface area (Å²) in [5.74, 6) is -0.700. The Morgan fingerprint density at radius 2 is 1.78 bits per heavy atom.